The zero-order chi connectivity index (χ0) is 13.9. The molecule has 0 radical (unpaired) electrons. The monoisotopic (exact) mass is 269 g/mol. The van der Waals surface area contributed by atoms with Gasteiger partial charge in [-0.1, -0.05) is 18.2 Å². The quantitative estimate of drug-likeness (QED) is 0.761. The summed E-state index contributed by atoms with van der Waals surface area (Å²) in [5, 5.41) is 4.18. The molecule has 0 unspecified atom stereocenters. The van der Waals surface area contributed by atoms with Crippen LogP contribution in [0.25, 0.3) is 10.9 Å². The van der Waals surface area contributed by atoms with E-state index in [9.17, 15) is 4.79 Å². The third kappa shape index (κ3) is 2.62. The number of hydrogen-bond donors (Lipinski definition) is 2. The topological polar surface area (TPSA) is 70.9 Å². The average molecular weight is 269 g/mol. The summed E-state index contributed by atoms with van der Waals surface area (Å²) >= 11 is 0. The Morgan fingerprint density at radius 3 is 2.95 bits per heavy atom. The third-order valence-electron chi connectivity index (χ3n) is 3.09. The molecule has 0 aliphatic carbocycles. The van der Waals surface area contributed by atoms with Crippen LogP contribution in [0.3, 0.4) is 0 Å². The lowest BCUT2D eigenvalue weighted by Crippen LogP contribution is -2.20. The molecule has 1 aromatic carbocycles. The molecular weight excluding hydrogens is 254 g/mol. The van der Waals surface area contributed by atoms with Gasteiger partial charge in [-0.15, -0.1) is 0 Å². The van der Waals surface area contributed by atoms with Crippen LogP contribution in [0.15, 0.2) is 45.7 Å². The van der Waals surface area contributed by atoms with Crippen molar-refractivity contribution in [2.45, 2.75) is 20.0 Å². The van der Waals surface area contributed by atoms with Crippen LogP contribution in [0.4, 0.5) is 0 Å². The maximum absolute atomic E-state index is 11.9. The molecule has 0 atom stereocenters. The predicted octanol–water partition coefficient (Wildman–Crippen LogP) is 2.11. The van der Waals surface area contributed by atoms with E-state index in [0.717, 1.165) is 16.7 Å². The minimum Gasteiger partial charge on any atom is -0.445 e. The molecule has 0 spiro atoms. The van der Waals surface area contributed by atoms with Gasteiger partial charge in [0.25, 0.3) is 5.56 Å². The molecule has 0 aliphatic rings. The van der Waals surface area contributed by atoms with E-state index >= 15 is 0 Å². The number of para-hydroxylation sites is 1. The van der Waals surface area contributed by atoms with E-state index < -0.39 is 0 Å². The van der Waals surface area contributed by atoms with Crippen molar-refractivity contribution in [2.75, 3.05) is 0 Å². The van der Waals surface area contributed by atoms with Crippen LogP contribution in [0.2, 0.25) is 0 Å². The van der Waals surface area contributed by atoms with Gasteiger partial charge in [-0.25, -0.2) is 4.98 Å². The van der Waals surface area contributed by atoms with E-state index in [1.165, 1.54) is 0 Å². The van der Waals surface area contributed by atoms with Gasteiger partial charge in [-0.05, 0) is 24.4 Å². The van der Waals surface area contributed by atoms with Gasteiger partial charge in [0.05, 0.1) is 12.7 Å². The Morgan fingerprint density at radius 2 is 2.15 bits per heavy atom. The Morgan fingerprint density at radius 1 is 1.30 bits per heavy atom. The second-order valence-electron chi connectivity index (χ2n) is 4.68. The van der Waals surface area contributed by atoms with Crippen LogP contribution < -0.4 is 10.9 Å². The van der Waals surface area contributed by atoms with Crippen molar-refractivity contribution in [1.29, 1.82) is 0 Å². The summed E-state index contributed by atoms with van der Waals surface area (Å²) in [5.41, 5.74) is 1.48. The zero-order valence-electron chi connectivity index (χ0n) is 11.1. The summed E-state index contributed by atoms with van der Waals surface area (Å²) in [6, 6.07) is 9.63. The SMILES string of the molecule is Cc1cnc(CNCc2cc3ccccc3[nH]c2=O)o1. The van der Waals surface area contributed by atoms with E-state index in [-0.39, 0.29) is 5.56 Å². The van der Waals surface area contributed by atoms with Crippen LogP contribution in [-0.4, -0.2) is 9.97 Å². The first-order valence-corrected chi connectivity index (χ1v) is 6.45. The fourth-order valence-electron chi connectivity index (χ4n) is 2.11. The number of pyridine rings is 1. The Bertz CT molecular complexity index is 789. The van der Waals surface area contributed by atoms with Gasteiger partial charge in [0.2, 0.25) is 5.89 Å². The molecule has 3 aromatic rings. The summed E-state index contributed by atoms with van der Waals surface area (Å²) in [5.74, 6) is 1.41. The van der Waals surface area contributed by atoms with Crippen molar-refractivity contribution in [2.24, 2.45) is 0 Å². The molecule has 102 valence electrons. The molecule has 0 saturated heterocycles. The molecule has 3 rings (SSSR count). The van der Waals surface area contributed by atoms with Crippen molar-refractivity contribution in [3.05, 3.63) is 64.1 Å². The Hall–Kier alpha value is -2.40. The first kappa shape index (κ1) is 12.6. The minimum atomic E-state index is -0.0696. The van der Waals surface area contributed by atoms with Crippen molar-refractivity contribution in [3.63, 3.8) is 0 Å². The summed E-state index contributed by atoms with van der Waals surface area (Å²) < 4.78 is 5.36. The average Bonchev–Trinajstić information content (AvgIpc) is 2.85. The highest BCUT2D eigenvalue weighted by Gasteiger charge is 2.04. The number of fused-ring (bicyclic) bond motifs is 1. The lowest BCUT2D eigenvalue weighted by Gasteiger charge is -2.04. The van der Waals surface area contributed by atoms with Gasteiger partial charge in [0, 0.05) is 17.6 Å². The van der Waals surface area contributed by atoms with Crippen LogP contribution in [0, 0.1) is 6.92 Å². The van der Waals surface area contributed by atoms with Crippen LogP contribution >= 0.6 is 0 Å². The predicted molar refractivity (Wildman–Crippen MR) is 76.4 cm³/mol. The summed E-state index contributed by atoms with van der Waals surface area (Å²) in [6.45, 7) is 2.83. The highest BCUT2D eigenvalue weighted by Crippen LogP contribution is 2.10. The van der Waals surface area contributed by atoms with E-state index in [2.05, 4.69) is 15.3 Å². The normalized spacial score (nSPS) is 11.1. The fraction of sp³-hybridized carbons (Fsp3) is 0.200. The maximum atomic E-state index is 11.9. The van der Waals surface area contributed by atoms with Crippen LogP contribution in [-0.2, 0) is 13.1 Å². The molecule has 2 aromatic heterocycles. The van der Waals surface area contributed by atoms with E-state index in [1.807, 2.05) is 37.3 Å². The fourth-order valence-corrected chi connectivity index (χ4v) is 2.11. The molecule has 0 bridgehead atoms. The second-order valence-corrected chi connectivity index (χ2v) is 4.68. The highest BCUT2D eigenvalue weighted by molar-refractivity contribution is 5.78. The molecule has 0 amide bonds. The lowest BCUT2D eigenvalue weighted by molar-refractivity contribution is 0.449. The standard InChI is InChI=1S/C15H15N3O2/c1-10-7-17-14(20-10)9-16-8-12-6-11-4-2-3-5-13(11)18-15(12)19/h2-7,16H,8-9H2,1H3,(H,18,19). The number of nitrogens with one attached hydrogen (secondary N) is 2. The molecule has 0 fully saturated rings. The number of aromatic amines is 1. The van der Waals surface area contributed by atoms with E-state index in [0.29, 0.717) is 24.5 Å². The summed E-state index contributed by atoms with van der Waals surface area (Å²) in [4.78, 5) is 18.9. The molecule has 2 heterocycles. The number of benzene rings is 1. The molecule has 5 nitrogen and oxygen atoms in total. The van der Waals surface area contributed by atoms with Crippen LogP contribution in [0.1, 0.15) is 17.2 Å². The lowest BCUT2D eigenvalue weighted by atomic mass is 10.1. The van der Waals surface area contributed by atoms with Crippen molar-refractivity contribution in [1.82, 2.24) is 15.3 Å². The molecule has 0 aliphatic heterocycles. The number of aromatic nitrogens is 2. The van der Waals surface area contributed by atoms with Gasteiger partial charge in [0.15, 0.2) is 0 Å². The Kier molecular flexibility index (Phi) is 3.35. The molecule has 2 N–H and O–H groups in total. The minimum absolute atomic E-state index is 0.0696. The van der Waals surface area contributed by atoms with Gasteiger partial charge in [-0.2, -0.15) is 0 Å². The summed E-state index contributed by atoms with van der Waals surface area (Å²) in [6.07, 6.45) is 1.68. The number of H-pyrrole nitrogens is 1. The molecular formula is C15H15N3O2. The highest BCUT2D eigenvalue weighted by atomic mass is 16.4. The Labute approximate surface area is 115 Å². The van der Waals surface area contributed by atoms with Crippen molar-refractivity contribution < 1.29 is 4.42 Å². The third-order valence-corrected chi connectivity index (χ3v) is 3.09. The van der Waals surface area contributed by atoms with Gasteiger partial charge < -0.3 is 14.7 Å². The molecule has 0 saturated carbocycles. The van der Waals surface area contributed by atoms with Gasteiger partial charge >= 0.3 is 0 Å². The number of aryl methyl sites for hydroxylation is 1. The number of oxazole rings is 1. The largest absolute Gasteiger partial charge is 0.445 e. The van der Waals surface area contributed by atoms with Gasteiger partial charge in [0.1, 0.15) is 5.76 Å². The second kappa shape index (κ2) is 5.30. The van der Waals surface area contributed by atoms with E-state index in [4.69, 9.17) is 4.42 Å². The summed E-state index contributed by atoms with van der Waals surface area (Å²) in [7, 11) is 0. The number of rotatable bonds is 4. The Balaban J connectivity index is 1.74. The van der Waals surface area contributed by atoms with Crippen molar-refractivity contribution >= 4 is 10.9 Å². The van der Waals surface area contributed by atoms with E-state index in [1.54, 1.807) is 6.20 Å². The number of nitrogens with zero attached hydrogens (tertiary/aromatic N) is 1. The number of hydrogen-bond acceptors (Lipinski definition) is 4. The van der Waals surface area contributed by atoms with Gasteiger partial charge in [-0.3, -0.25) is 4.79 Å². The first-order chi connectivity index (χ1) is 9.72. The molecule has 20 heavy (non-hydrogen) atoms. The van der Waals surface area contributed by atoms with Crippen LogP contribution in [0.5, 0.6) is 0 Å². The maximum Gasteiger partial charge on any atom is 0.252 e. The smallest absolute Gasteiger partial charge is 0.252 e. The van der Waals surface area contributed by atoms with Crippen molar-refractivity contribution in [3.8, 4) is 0 Å². The first-order valence-electron chi connectivity index (χ1n) is 6.45. The molecule has 5 heteroatoms. The zero-order valence-corrected chi connectivity index (χ0v) is 11.1.